The molecule has 0 aliphatic rings. The van der Waals surface area contributed by atoms with Crippen LogP contribution in [0.15, 0.2) is 36.4 Å². The Kier molecular flexibility index (Phi) is 12.4. The molecule has 3 aromatic carbocycles. The molecular formula is C36H48N3O10P. The van der Waals surface area contributed by atoms with E-state index in [0.717, 1.165) is 0 Å². The number of nitro groups is 3. The number of hydrogen-bond acceptors (Lipinski definition) is 10. The van der Waals surface area contributed by atoms with Gasteiger partial charge in [0.05, 0.1) is 14.8 Å². The normalized spacial score (nSPS) is 12.0. The maximum atomic E-state index is 15.3. The first-order chi connectivity index (χ1) is 23.1. The van der Waals surface area contributed by atoms with Crippen LogP contribution in [0.3, 0.4) is 0 Å². The van der Waals surface area contributed by atoms with Crippen molar-refractivity contribution in [2.75, 3.05) is 0 Å². The van der Waals surface area contributed by atoms with Crippen molar-refractivity contribution in [2.45, 2.75) is 119 Å². The fourth-order valence-electron chi connectivity index (χ4n) is 6.56. The molecule has 0 saturated heterocycles. The van der Waals surface area contributed by atoms with Crippen molar-refractivity contribution in [3.05, 3.63) is 100 Å². The fraction of sp³-hybridized carbons (Fsp3) is 0.500. The summed E-state index contributed by atoms with van der Waals surface area (Å²) in [4.78, 5) is 34.8. The first kappa shape index (κ1) is 39.9. The van der Waals surface area contributed by atoms with Gasteiger partial charge in [-0.25, -0.2) is 0 Å². The SMILES string of the molecule is CC(C)c1c(OP(=O)(Oc2ccc([N+](=O)[O-])c(C(C)C)c2C(C)C)Oc2ccc([N+](=O)[O-])c(C(C)C)c2C(C)C)ccc([N+](=O)[O-])c1C(C)C. The van der Waals surface area contributed by atoms with Crippen LogP contribution >= 0.6 is 7.82 Å². The van der Waals surface area contributed by atoms with Crippen molar-refractivity contribution in [3.63, 3.8) is 0 Å². The van der Waals surface area contributed by atoms with Crippen molar-refractivity contribution in [1.82, 2.24) is 0 Å². The van der Waals surface area contributed by atoms with Gasteiger partial charge in [0, 0.05) is 51.6 Å². The number of rotatable bonds is 15. The van der Waals surface area contributed by atoms with Gasteiger partial charge in [0.25, 0.3) is 17.1 Å². The number of hydrogen-bond donors (Lipinski definition) is 0. The molecule has 0 spiro atoms. The molecule has 0 aromatic heterocycles. The molecule has 0 bridgehead atoms. The summed E-state index contributed by atoms with van der Waals surface area (Å²) in [6, 6.07) is 7.92. The molecular weight excluding hydrogens is 665 g/mol. The van der Waals surface area contributed by atoms with Crippen LogP contribution in [-0.2, 0) is 4.57 Å². The molecule has 0 aliphatic carbocycles. The van der Waals surface area contributed by atoms with Crippen LogP contribution in [0.25, 0.3) is 0 Å². The first-order valence-corrected chi connectivity index (χ1v) is 18.2. The lowest BCUT2D eigenvalue weighted by atomic mass is 9.88. The highest BCUT2D eigenvalue weighted by atomic mass is 31.2. The molecule has 14 heteroatoms. The first-order valence-electron chi connectivity index (χ1n) is 16.8. The second-order valence-electron chi connectivity index (χ2n) is 14.2. The van der Waals surface area contributed by atoms with Gasteiger partial charge in [0.1, 0.15) is 17.2 Å². The summed E-state index contributed by atoms with van der Waals surface area (Å²) in [7, 11) is -4.86. The summed E-state index contributed by atoms with van der Waals surface area (Å²) < 4.78 is 34.1. The molecule has 272 valence electrons. The lowest BCUT2D eigenvalue weighted by Crippen LogP contribution is -2.15. The zero-order valence-corrected chi connectivity index (χ0v) is 31.7. The molecule has 0 unspecified atom stereocenters. The maximum absolute atomic E-state index is 15.3. The molecule has 0 atom stereocenters. The van der Waals surface area contributed by atoms with E-state index in [9.17, 15) is 30.3 Å². The number of benzene rings is 3. The quantitative estimate of drug-likeness (QED) is 0.0836. The maximum Gasteiger partial charge on any atom is 0.647 e. The molecule has 0 heterocycles. The van der Waals surface area contributed by atoms with E-state index >= 15 is 4.57 Å². The molecule has 3 rings (SSSR count). The highest BCUT2D eigenvalue weighted by molar-refractivity contribution is 7.49. The van der Waals surface area contributed by atoms with Crippen LogP contribution in [0.1, 0.15) is 152 Å². The Morgan fingerprint density at radius 1 is 0.420 bits per heavy atom. The molecule has 0 amide bonds. The summed E-state index contributed by atoms with van der Waals surface area (Å²) >= 11 is 0. The van der Waals surface area contributed by atoms with E-state index in [1.165, 1.54) is 36.4 Å². The largest absolute Gasteiger partial charge is 0.647 e. The summed E-state index contributed by atoms with van der Waals surface area (Å²) in [5.41, 5.74) is 2.15. The van der Waals surface area contributed by atoms with E-state index in [0.29, 0.717) is 33.4 Å². The molecule has 0 aliphatic heterocycles. The molecule has 13 nitrogen and oxygen atoms in total. The number of phosphoric ester groups is 1. The third-order valence-electron chi connectivity index (χ3n) is 8.36. The van der Waals surface area contributed by atoms with Gasteiger partial charge in [-0.05, 0) is 53.7 Å². The van der Waals surface area contributed by atoms with Crippen LogP contribution in [0.2, 0.25) is 0 Å². The number of phosphoric acid groups is 1. The van der Waals surface area contributed by atoms with Crippen molar-refractivity contribution >= 4 is 24.9 Å². The molecule has 0 fully saturated rings. The second kappa shape index (κ2) is 15.6. The lowest BCUT2D eigenvalue weighted by Gasteiger charge is -2.27. The van der Waals surface area contributed by atoms with Crippen LogP contribution in [0.4, 0.5) is 17.1 Å². The second-order valence-corrected chi connectivity index (χ2v) is 15.6. The lowest BCUT2D eigenvalue weighted by molar-refractivity contribution is -0.385. The van der Waals surface area contributed by atoms with E-state index in [4.69, 9.17) is 13.6 Å². The van der Waals surface area contributed by atoms with Gasteiger partial charge in [0.15, 0.2) is 0 Å². The molecule has 0 radical (unpaired) electrons. The highest BCUT2D eigenvalue weighted by Crippen LogP contribution is 2.56. The van der Waals surface area contributed by atoms with Gasteiger partial charge >= 0.3 is 7.82 Å². The van der Waals surface area contributed by atoms with Gasteiger partial charge in [-0.2, -0.15) is 4.57 Å². The minimum Gasteiger partial charge on any atom is -0.386 e. The Morgan fingerprint density at radius 2 is 0.620 bits per heavy atom. The Morgan fingerprint density at radius 3 is 0.780 bits per heavy atom. The molecule has 3 aromatic rings. The minimum absolute atomic E-state index is 0.0341. The Balaban J connectivity index is 2.45. The smallest absolute Gasteiger partial charge is 0.386 e. The van der Waals surface area contributed by atoms with Gasteiger partial charge in [-0.3, -0.25) is 30.3 Å². The molecule has 0 N–H and O–H groups in total. The zero-order valence-electron chi connectivity index (χ0n) is 30.8. The van der Waals surface area contributed by atoms with E-state index in [1.54, 1.807) is 0 Å². The average Bonchev–Trinajstić information content (AvgIpc) is 2.98. The highest BCUT2D eigenvalue weighted by Gasteiger charge is 2.40. The number of nitrogens with zero attached hydrogens (tertiary/aromatic N) is 3. The Bertz CT molecular complexity index is 1630. The molecule has 0 saturated carbocycles. The number of nitro benzene ring substituents is 3. The van der Waals surface area contributed by atoms with Crippen LogP contribution in [0, 0.1) is 30.3 Å². The Hall–Kier alpha value is -4.51. The fourth-order valence-corrected chi connectivity index (χ4v) is 7.87. The van der Waals surface area contributed by atoms with Crippen LogP contribution in [0.5, 0.6) is 17.2 Å². The summed E-state index contributed by atoms with van der Waals surface area (Å²) in [6.07, 6.45) is 0. The topological polar surface area (TPSA) is 174 Å². The van der Waals surface area contributed by atoms with E-state index in [2.05, 4.69) is 0 Å². The van der Waals surface area contributed by atoms with Gasteiger partial charge in [-0.1, -0.05) is 83.1 Å². The van der Waals surface area contributed by atoms with Gasteiger partial charge in [-0.15, -0.1) is 0 Å². The summed E-state index contributed by atoms with van der Waals surface area (Å²) in [5, 5.41) is 36.2. The zero-order chi connectivity index (χ0) is 38.0. The predicted octanol–water partition coefficient (Wildman–Crippen LogP) is 11.8. The third kappa shape index (κ3) is 8.26. The standard InChI is InChI=1S/C36H48N3O10P/c1-19(2)31-25(37(40)41)13-16-28(34(31)22(7)8)47-50(46,48-29-17-14-26(38(42)43)32(20(3)4)35(29)23(9)10)49-30-18-15-27(39(44)45)33(21(5)6)36(30)24(11)12/h13-24H,1-12H3. The van der Waals surface area contributed by atoms with Crippen LogP contribution in [-0.4, -0.2) is 14.8 Å². The van der Waals surface area contributed by atoms with Crippen molar-refractivity contribution in [1.29, 1.82) is 0 Å². The van der Waals surface area contributed by atoms with Gasteiger partial charge in [0.2, 0.25) is 0 Å². The monoisotopic (exact) mass is 713 g/mol. The van der Waals surface area contributed by atoms with E-state index in [1.807, 2.05) is 83.1 Å². The summed E-state index contributed by atoms with van der Waals surface area (Å²) in [5.74, 6) is -1.82. The van der Waals surface area contributed by atoms with Crippen molar-refractivity contribution < 1.29 is 32.9 Å². The predicted molar refractivity (Wildman–Crippen MR) is 193 cm³/mol. The third-order valence-corrected chi connectivity index (χ3v) is 9.62. The summed E-state index contributed by atoms with van der Waals surface area (Å²) in [6.45, 7) is 21.8. The van der Waals surface area contributed by atoms with Crippen molar-refractivity contribution in [3.8, 4) is 17.2 Å². The Labute approximate surface area is 293 Å². The molecule has 50 heavy (non-hydrogen) atoms. The van der Waals surface area contributed by atoms with Crippen molar-refractivity contribution in [2.24, 2.45) is 0 Å². The van der Waals surface area contributed by atoms with Gasteiger partial charge < -0.3 is 13.6 Å². The van der Waals surface area contributed by atoms with Crippen LogP contribution < -0.4 is 13.6 Å². The van der Waals surface area contributed by atoms with E-state index in [-0.39, 0.29) is 69.8 Å². The average molecular weight is 714 g/mol. The van der Waals surface area contributed by atoms with E-state index < -0.39 is 22.6 Å². The minimum atomic E-state index is -4.86.